The van der Waals surface area contributed by atoms with Gasteiger partial charge in [0.25, 0.3) is 5.79 Å². The molecule has 1 atom stereocenters. The van der Waals surface area contributed by atoms with Gasteiger partial charge >= 0.3 is 11.9 Å². The van der Waals surface area contributed by atoms with Crippen LogP contribution in [0.4, 0.5) is 5.00 Å². The van der Waals surface area contributed by atoms with Crippen LogP contribution in [0.15, 0.2) is 0 Å². The van der Waals surface area contributed by atoms with Crippen LogP contribution < -0.4 is 5.73 Å². The summed E-state index contributed by atoms with van der Waals surface area (Å²) in [6.45, 7) is 1.49. The number of nitrogens with two attached hydrogens (primary N) is 1. The van der Waals surface area contributed by atoms with Gasteiger partial charge in [-0.3, -0.25) is 4.79 Å². The number of carboxylic acid groups (broad SMARTS) is 1. The van der Waals surface area contributed by atoms with Gasteiger partial charge in [-0.1, -0.05) is 0 Å². The van der Waals surface area contributed by atoms with Gasteiger partial charge in [0.05, 0.1) is 17.0 Å². The maximum atomic E-state index is 11.9. The maximum Gasteiger partial charge on any atom is 0.341 e. The van der Waals surface area contributed by atoms with Crippen LogP contribution >= 0.6 is 11.3 Å². The largest absolute Gasteiger partial charge is 0.481 e. The number of carbonyl (C=O) groups is 2. The summed E-state index contributed by atoms with van der Waals surface area (Å²) in [7, 11) is 0. The molecule has 0 bridgehead atoms. The Bertz CT molecular complexity index is 620. The predicted molar refractivity (Wildman–Crippen MR) is 68.3 cm³/mol. The quantitative estimate of drug-likeness (QED) is 0.287. The fourth-order valence-corrected chi connectivity index (χ4v) is 3.41. The molecule has 0 aromatic carbocycles. The Kier molecular flexibility index (Phi) is 3.46. The first kappa shape index (κ1) is 15.7. The van der Waals surface area contributed by atoms with Crippen molar-refractivity contribution in [1.82, 2.24) is 0 Å². The molecule has 9 nitrogen and oxygen atoms in total. The van der Waals surface area contributed by atoms with Gasteiger partial charge in [0.15, 0.2) is 0 Å². The fourth-order valence-electron chi connectivity index (χ4n) is 2.28. The molecular formula is C11H13NO8S. The summed E-state index contributed by atoms with van der Waals surface area (Å²) in [4.78, 5) is 22.6. The SMILES string of the molecule is CCOC(=O)c1c(N)sc2c1C(C(=O)O)C(O)(O)C2(O)O. The normalized spacial score (nSPS) is 21.9. The van der Waals surface area contributed by atoms with E-state index in [1.807, 2.05) is 0 Å². The van der Waals surface area contributed by atoms with Crippen molar-refractivity contribution in [1.29, 1.82) is 0 Å². The molecule has 1 unspecified atom stereocenters. The number of hydrogen-bond donors (Lipinski definition) is 6. The summed E-state index contributed by atoms with van der Waals surface area (Å²) in [6.07, 6.45) is 0. The number of aliphatic hydroxyl groups is 4. The second-order valence-electron chi connectivity index (χ2n) is 4.47. The Balaban J connectivity index is 2.74. The van der Waals surface area contributed by atoms with E-state index in [-0.39, 0.29) is 11.6 Å². The molecular weight excluding hydrogens is 306 g/mol. The lowest BCUT2D eigenvalue weighted by molar-refractivity contribution is -0.360. The van der Waals surface area contributed by atoms with Gasteiger partial charge in [-0.25, -0.2) is 4.79 Å². The summed E-state index contributed by atoms with van der Waals surface area (Å²) in [6, 6.07) is 0. The van der Waals surface area contributed by atoms with Crippen LogP contribution in [0.25, 0.3) is 0 Å². The van der Waals surface area contributed by atoms with Crippen molar-refractivity contribution in [3.63, 3.8) is 0 Å². The standard InChI is InChI=1S/C11H13NO8S/c1-2-20-9(15)4-3-5(8(13)14)10(16,17)11(18,19)6(3)21-7(4)12/h5,16-19H,2,12H2,1H3,(H,13,14). The number of fused-ring (bicyclic) bond motifs is 1. The molecule has 10 heteroatoms. The van der Waals surface area contributed by atoms with Crippen molar-refractivity contribution in [2.24, 2.45) is 0 Å². The number of ether oxygens (including phenoxy) is 1. The monoisotopic (exact) mass is 319 g/mol. The summed E-state index contributed by atoms with van der Waals surface area (Å²) in [5, 5.41) is 48.2. The van der Waals surface area contributed by atoms with E-state index in [4.69, 9.17) is 15.6 Å². The van der Waals surface area contributed by atoms with Crippen molar-refractivity contribution in [3.8, 4) is 0 Å². The van der Waals surface area contributed by atoms with Gasteiger partial charge < -0.3 is 36.0 Å². The Labute approximate surface area is 121 Å². The number of hydrogen-bond acceptors (Lipinski definition) is 9. The fraction of sp³-hybridized carbons (Fsp3) is 0.455. The molecule has 0 spiro atoms. The highest BCUT2D eigenvalue weighted by molar-refractivity contribution is 7.16. The van der Waals surface area contributed by atoms with Crippen molar-refractivity contribution in [2.45, 2.75) is 24.4 Å². The zero-order valence-electron chi connectivity index (χ0n) is 10.7. The van der Waals surface area contributed by atoms with Crippen LogP contribution in [0, 0.1) is 0 Å². The van der Waals surface area contributed by atoms with Crippen LogP contribution in [0.3, 0.4) is 0 Å². The number of esters is 1. The first-order chi connectivity index (χ1) is 9.57. The van der Waals surface area contributed by atoms with Crippen LogP contribution in [0.5, 0.6) is 0 Å². The van der Waals surface area contributed by atoms with Gasteiger partial charge in [0, 0.05) is 5.56 Å². The maximum absolute atomic E-state index is 11.9. The van der Waals surface area contributed by atoms with E-state index < -0.39 is 45.4 Å². The molecule has 0 amide bonds. The lowest BCUT2D eigenvalue weighted by Crippen LogP contribution is -2.52. The van der Waals surface area contributed by atoms with Gasteiger partial charge in [-0.2, -0.15) is 0 Å². The third-order valence-corrected chi connectivity index (χ3v) is 4.35. The number of nitrogen functional groups attached to an aromatic ring is 1. The van der Waals surface area contributed by atoms with Crippen molar-refractivity contribution >= 4 is 28.3 Å². The average molecular weight is 319 g/mol. The van der Waals surface area contributed by atoms with E-state index in [0.717, 1.165) is 0 Å². The summed E-state index contributed by atoms with van der Waals surface area (Å²) < 4.78 is 4.73. The number of aliphatic carboxylic acids is 1. The zero-order valence-corrected chi connectivity index (χ0v) is 11.5. The van der Waals surface area contributed by atoms with Crippen molar-refractivity contribution in [3.05, 3.63) is 16.0 Å². The van der Waals surface area contributed by atoms with Crippen LogP contribution in [-0.2, 0) is 15.3 Å². The molecule has 116 valence electrons. The zero-order chi connectivity index (χ0) is 16.2. The predicted octanol–water partition coefficient (Wildman–Crippen LogP) is -1.49. The van der Waals surface area contributed by atoms with Gasteiger partial charge in [-0.15, -0.1) is 11.3 Å². The van der Waals surface area contributed by atoms with Gasteiger partial charge in [-0.05, 0) is 6.92 Å². The molecule has 0 aliphatic heterocycles. The molecule has 1 aromatic heterocycles. The van der Waals surface area contributed by atoms with E-state index in [9.17, 15) is 30.0 Å². The minimum Gasteiger partial charge on any atom is -0.481 e. The second kappa shape index (κ2) is 4.64. The highest BCUT2D eigenvalue weighted by atomic mass is 32.1. The van der Waals surface area contributed by atoms with Gasteiger partial charge in [0.1, 0.15) is 10.9 Å². The molecule has 21 heavy (non-hydrogen) atoms. The van der Waals surface area contributed by atoms with E-state index in [0.29, 0.717) is 11.3 Å². The molecule has 2 rings (SSSR count). The lowest BCUT2D eigenvalue weighted by atomic mass is 9.94. The topological polar surface area (TPSA) is 171 Å². The second-order valence-corrected chi connectivity index (χ2v) is 5.53. The number of carboxylic acids is 1. The van der Waals surface area contributed by atoms with E-state index >= 15 is 0 Å². The van der Waals surface area contributed by atoms with Crippen molar-refractivity contribution in [2.75, 3.05) is 12.3 Å². The Morgan fingerprint density at radius 1 is 1.33 bits per heavy atom. The molecule has 1 aliphatic carbocycles. The van der Waals surface area contributed by atoms with Crippen LogP contribution in [0.2, 0.25) is 0 Å². The summed E-state index contributed by atoms with van der Waals surface area (Å²) >= 11 is 0.482. The highest BCUT2D eigenvalue weighted by Crippen LogP contribution is 2.55. The van der Waals surface area contributed by atoms with E-state index in [1.54, 1.807) is 0 Å². The minimum absolute atomic E-state index is 0.0204. The first-order valence-corrected chi connectivity index (χ1v) is 6.61. The number of carbonyl (C=O) groups excluding carboxylic acids is 1. The number of rotatable bonds is 3. The molecule has 0 saturated carbocycles. The number of thiophene rings is 1. The van der Waals surface area contributed by atoms with E-state index in [1.165, 1.54) is 6.92 Å². The molecule has 1 aromatic rings. The Hall–Kier alpha value is -1.72. The third kappa shape index (κ3) is 1.92. The van der Waals surface area contributed by atoms with Crippen LogP contribution in [-0.4, -0.2) is 49.9 Å². The molecule has 7 N–H and O–H groups in total. The molecule has 0 fully saturated rings. The first-order valence-electron chi connectivity index (χ1n) is 5.79. The van der Waals surface area contributed by atoms with Crippen LogP contribution in [0.1, 0.15) is 33.6 Å². The summed E-state index contributed by atoms with van der Waals surface area (Å²) in [5.41, 5.74) is 4.73. The minimum atomic E-state index is -3.41. The highest BCUT2D eigenvalue weighted by Gasteiger charge is 2.67. The van der Waals surface area contributed by atoms with E-state index in [2.05, 4.69) is 0 Å². The molecule has 0 radical (unpaired) electrons. The average Bonchev–Trinajstić information content (AvgIpc) is 2.72. The summed E-state index contributed by atoms with van der Waals surface area (Å²) in [5.74, 6) is -11.6. The molecule has 1 heterocycles. The Morgan fingerprint density at radius 2 is 1.90 bits per heavy atom. The van der Waals surface area contributed by atoms with Gasteiger partial charge in [0.2, 0.25) is 5.79 Å². The Morgan fingerprint density at radius 3 is 2.38 bits per heavy atom. The smallest absolute Gasteiger partial charge is 0.341 e. The lowest BCUT2D eigenvalue weighted by Gasteiger charge is -2.31. The molecule has 1 aliphatic rings. The third-order valence-electron chi connectivity index (χ3n) is 3.22. The van der Waals surface area contributed by atoms with Crippen molar-refractivity contribution < 1.29 is 39.9 Å². The molecule has 0 saturated heterocycles. The number of anilines is 1.